The third-order valence-corrected chi connectivity index (χ3v) is 5.72. The molecule has 1 saturated heterocycles. The average molecular weight is 414 g/mol. The van der Waals surface area contributed by atoms with Gasteiger partial charge in [0.05, 0.1) is 13.2 Å². The topological polar surface area (TPSA) is 78.5 Å². The summed E-state index contributed by atoms with van der Waals surface area (Å²) in [5, 5.41) is 0. The molecule has 1 saturated carbocycles. The molecule has 1 aliphatic heterocycles. The lowest BCUT2D eigenvalue weighted by molar-refractivity contribution is -0.132. The van der Waals surface area contributed by atoms with E-state index in [4.69, 9.17) is 4.74 Å². The van der Waals surface area contributed by atoms with Crippen LogP contribution >= 0.6 is 0 Å². The van der Waals surface area contributed by atoms with Crippen LogP contribution in [0.2, 0.25) is 0 Å². The minimum atomic E-state index is -0.300. The van der Waals surface area contributed by atoms with E-state index in [1.807, 2.05) is 4.90 Å². The number of aromatic amines is 1. The van der Waals surface area contributed by atoms with Crippen LogP contribution in [0.4, 0.5) is 10.3 Å². The minimum Gasteiger partial charge on any atom is -0.378 e. The Labute approximate surface area is 174 Å². The molecule has 1 amide bonds. The van der Waals surface area contributed by atoms with E-state index in [0.29, 0.717) is 55.5 Å². The van der Waals surface area contributed by atoms with Crippen LogP contribution in [-0.4, -0.2) is 53.1 Å². The monoisotopic (exact) mass is 414 g/mol. The molecule has 1 aromatic heterocycles. The third-order valence-electron chi connectivity index (χ3n) is 5.72. The molecule has 8 heteroatoms. The summed E-state index contributed by atoms with van der Waals surface area (Å²) in [5.74, 6) is 0.193. The Bertz CT molecular complexity index is 967. The number of morpholine rings is 1. The van der Waals surface area contributed by atoms with Gasteiger partial charge in [0.25, 0.3) is 5.56 Å². The summed E-state index contributed by atoms with van der Waals surface area (Å²) in [6, 6.07) is 6.71. The second-order valence-electron chi connectivity index (χ2n) is 7.90. The van der Waals surface area contributed by atoms with Gasteiger partial charge in [0.2, 0.25) is 11.9 Å². The zero-order valence-electron chi connectivity index (χ0n) is 17.2. The Hall–Kier alpha value is -2.74. The lowest BCUT2D eigenvalue weighted by Gasteiger charge is -2.27. The van der Waals surface area contributed by atoms with E-state index in [0.717, 1.165) is 12.8 Å². The van der Waals surface area contributed by atoms with Gasteiger partial charge in [-0.25, -0.2) is 9.37 Å². The minimum absolute atomic E-state index is 0.0585. The molecule has 0 unspecified atom stereocenters. The quantitative estimate of drug-likeness (QED) is 0.751. The number of aromatic nitrogens is 2. The third kappa shape index (κ3) is 4.70. The van der Waals surface area contributed by atoms with Crippen molar-refractivity contribution in [3.8, 4) is 0 Å². The zero-order valence-corrected chi connectivity index (χ0v) is 17.2. The largest absolute Gasteiger partial charge is 0.378 e. The molecule has 4 rings (SSSR count). The number of amides is 1. The molecule has 2 heterocycles. The number of ether oxygens (including phenoxy) is 1. The number of hydrogen-bond donors (Lipinski definition) is 1. The second-order valence-corrected chi connectivity index (χ2v) is 7.90. The molecule has 0 spiro atoms. The van der Waals surface area contributed by atoms with Crippen molar-refractivity contribution in [1.29, 1.82) is 0 Å². The van der Waals surface area contributed by atoms with E-state index in [-0.39, 0.29) is 36.3 Å². The highest BCUT2D eigenvalue weighted by molar-refractivity contribution is 5.77. The predicted molar refractivity (Wildman–Crippen MR) is 111 cm³/mol. The molecule has 30 heavy (non-hydrogen) atoms. The highest BCUT2D eigenvalue weighted by Gasteiger charge is 2.33. The van der Waals surface area contributed by atoms with Gasteiger partial charge in [0.15, 0.2) is 0 Å². The molecule has 0 radical (unpaired) electrons. The summed E-state index contributed by atoms with van der Waals surface area (Å²) in [4.78, 5) is 36.7. The van der Waals surface area contributed by atoms with E-state index in [1.165, 1.54) is 6.07 Å². The first-order valence-corrected chi connectivity index (χ1v) is 10.5. The zero-order chi connectivity index (χ0) is 21.1. The Balaban J connectivity index is 1.43. The van der Waals surface area contributed by atoms with Crippen LogP contribution in [-0.2, 0) is 22.5 Å². The molecular formula is C22H27FN4O3. The van der Waals surface area contributed by atoms with Crippen LogP contribution in [0, 0.1) is 12.7 Å². The van der Waals surface area contributed by atoms with Crippen LogP contribution in [0.3, 0.4) is 0 Å². The number of H-pyrrole nitrogens is 1. The number of carbonyl (C=O) groups is 1. The van der Waals surface area contributed by atoms with Gasteiger partial charge in [-0.1, -0.05) is 18.2 Å². The van der Waals surface area contributed by atoms with E-state index < -0.39 is 0 Å². The molecule has 1 aromatic carbocycles. The molecule has 2 fully saturated rings. The number of rotatable bonds is 7. The standard InChI is InChI=1S/C22H27FN4O3/c1-15-18(21(29)25-22(24-15)26-10-12-30-13-11-26)8-9-20(28)27(17-6-7-17)14-16-4-2-3-5-19(16)23/h2-5,17H,6-14H2,1H3,(H,24,25,29). The van der Waals surface area contributed by atoms with Crippen molar-refractivity contribution in [1.82, 2.24) is 14.9 Å². The van der Waals surface area contributed by atoms with Gasteiger partial charge in [-0.2, -0.15) is 0 Å². The fraction of sp³-hybridized carbons (Fsp3) is 0.500. The summed E-state index contributed by atoms with van der Waals surface area (Å²) in [5.41, 5.74) is 1.48. The van der Waals surface area contributed by atoms with Gasteiger partial charge < -0.3 is 14.5 Å². The first kappa shape index (κ1) is 20.5. The van der Waals surface area contributed by atoms with Crippen molar-refractivity contribution in [2.45, 2.75) is 45.2 Å². The summed E-state index contributed by atoms with van der Waals surface area (Å²) in [6.07, 6.45) is 2.40. The Morgan fingerprint density at radius 3 is 2.70 bits per heavy atom. The Kier molecular flexibility index (Phi) is 6.13. The van der Waals surface area contributed by atoms with Gasteiger partial charge in [-0.15, -0.1) is 0 Å². The van der Waals surface area contributed by atoms with Gasteiger partial charge in [0.1, 0.15) is 5.82 Å². The van der Waals surface area contributed by atoms with Gasteiger partial charge >= 0.3 is 0 Å². The lowest BCUT2D eigenvalue weighted by atomic mass is 10.1. The van der Waals surface area contributed by atoms with Crippen molar-refractivity contribution in [3.63, 3.8) is 0 Å². The number of hydrogen-bond acceptors (Lipinski definition) is 5. The lowest BCUT2D eigenvalue weighted by Crippen LogP contribution is -2.39. The molecular weight excluding hydrogens is 387 g/mol. The summed E-state index contributed by atoms with van der Waals surface area (Å²) in [6.45, 7) is 4.66. The fourth-order valence-electron chi connectivity index (χ4n) is 3.81. The van der Waals surface area contributed by atoms with Crippen LogP contribution in [0.5, 0.6) is 0 Å². The number of aryl methyl sites for hydroxylation is 1. The summed E-state index contributed by atoms with van der Waals surface area (Å²) >= 11 is 0. The SMILES string of the molecule is Cc1nc(N2CCOCC2)[nH]c(=O)c1CCC(=O)N(Cc1ccccc1F)C1CC1. The maximum atomic E-state index is 14.0. The maximum Gasteiger partial charge on any atom is 0.255 e. The van der Waals surface area contributed by atoms with E-state index in [2.05, 4.69) is 9.97 Å². The Morgan fingerprint density at radius 2 is 2.03 bits per heavy atom. The van der Waals surface area contributed by atoms with Gasteiger partial charge in [-0.3, -0.25) is 14.6 Å². The van der Waals surface area contributed by atoms with Crippen LogP contribution < -0.4 is 10.5 Å². The van der Waals surface area contributed by atoms with E-state index >= 15 is 0 Å². The first-order valence-electron chi connectivity index (χ1n) is 10.5. The molecule has 2 aliphatic rings. The van der Waals surface area contributed by atoms with E-state index in [1.54, 1.807) is 30.0 Å². The number of benzene rings is 1. The van der Waals surface area contributed by atoms with Crippen molar-refractivity contribution < 1.29 is 13.9 Å². The number of nitrogens with zero attached hydrogens (tertiary/aromatic N) is 3. The summed E-state index contributed by atoms with van der Waals surface area (Å²) < 4.78 is 19.4. The number of carbonyl (C=O) groups excluding carboxylic acids is 1. The van der Waals surface area contributed by atoms with Gasteiger partial charge in [0, 0.05) is 48.9 Å². The van der Waals surface area contributed by atoms with Gasteiger partial charge in [-0.05, 0) is 32.3 Å². The average Bonchev–Trinajstić information content (AvgIpc) is 3.58. The fourth-order valence-corrected chi connectivity index (χ4v) is 3.81. The molecule has 7 nitrogen and oxygen atoms in total. The van der Waals surface area contributed by atoms with Crippen molar-refractivity contribution in [3.05, 3.63) is 57.3 Å². The van der Waals surface area contributed by atoms with Crippen LogP contribution in [0.1, 0.15) is 36.1 Å². The van der Waals surface area contributed by atoms with Crippen LogP contribution in [0.15, 0.2) is 29.1 Å². The van der Waals surface area contributed by atoms with E-state index in [9.17, 15) is 14.0 Å². The maximum absolute atomic E-state index is 14.0. The number of nitrogens with one attached hydrogen (secondary N) is 1. The molecule has 1 aliphatic carbocycles. The number of halogens is 1. The molecule has 0 bridgehead atoms. The number of anilines is 1. The van der Waals surface area contributed by atoms with Crippen LogP contribution in [0.25, 0.3) is 0 Å². The first-order chi connectivity index (χ1) is 14.5. The normalized spacial score (nSPS) is 16.5. The second kappa shape index (κ2) is 8.95. The molecule has 160 valence electrons. The Morgan fingerprint density at radius 1 is 1.30 bits per heavy atom. The molecule has 1 N–H and O–H groups in total. The van der Waals surface area contributed by atoms with Crippen molar-refractivity contribution in [2.75, 3.05) is 31.2 Å². The van der Waals surface area contributed by atoms with Crippen molar-refractivity contribution in [2.24, 2.45) is 0 Å². The highest BCUT2D eigenvalue weighted by atomic mass is 19.1. The highest BCUT2D eigenvalue weighted by Crippen LogP contribution is 2.29. The molecule has 0 atom stereocenters. The predicted octanol–water partition coefficient (Wildman–Crippen LogP) is 2.18. The summed E-state index contributed by atoms with van der Waals surface area (Å²) in [7, 11) is 0. The smallest absolute Gasteiger partial charge is 0.255 e. The molecule has 2 aromatic rings. The van der Waals surface area contributed by atoms with Crippen molar-refractivity contribution >= 4 is 11.9 Å².